The smallest absolute Gasteiger partial charge is 0.348 e. The van der Waals surface area contributed by atoms with Gasteiger partial charge in [0.25, 0.3) is 0 Å². The van der Waals surface area contributed by atoms with Crippen molar-refractivity contribution in [2.24, 2.45) is 5.92 Å². The Kier molecular flexibility index (Phi) is 2.96. The van der Waals surface area contributed by atoms with Crippen LogP contribution in [-0.2, 0) is 0 Å². The van der Waals surface area contributed by atoms with Crippen LogP contribution in [0.15, 0.2) is 6.07 Å². The van der Waals surface area contributed by atoms with Crippen molar-refractivity contribution in [2.45, 2.75) is 25.7 Å². The normalized spacial score (nSPS) is 16.5. The Bertz CT molecular complexity index is 432. The molecule has 0 atom stereocenters. The molecule has 86 valence electrons. The fourth-order valence-electron chi connectivity index (χ4n) is 2.08. The average molecular weight is 239 g/mol. The Labute approximate surface area is 97.1 Å². The second kappa shape index (κ2) is 4.25. The highest BCUT2D eigenvalue weighted by molar-refractivity contribution is 7.16. The van der Waals surface area contributed by atoms with E-state index in [1.807, 2.05) is 0 Å². The zero-order valence-electron chi connectivity index (χ0n) is 8.73. The van der Waals surface area contributed by atoms with Gasteiger partial charge in [-0.25, -0.2) is 4.79 Å². The lowest BCUT2D eigenvalue weighted by Crippen LogP contribution is -2.08. The van der Waals surface area contributed by atoms with Crippen molar-refractivity contribution in [3.63, 3.8) is 0 Å². The lowest BCUT2D eigenvalue weighted by molar-refractivity contribution is 0.0703. The van der Waals surface area contributed by atoms with Gasteiger partial charge in [-0.3, -0.25) is 4.79 Å². The molecule has 1 heterocycles. The third-order valence-electron chi connectivity index (χ3n) is 2.92. The summed E-state index contributed by atoms with van der Waals surface area (Å²) >= 11 is 0.988. The summed E-state index contributed by atoms with van der Waals surface area (Å²) in [6, 6.07) is 1.49. The molecule has 0 bridgehead atoms. The molecule has 1 saturated carbocycles. The fourth-order valence-corrected chi connectivity index (χ4v) is 3.02. The number of nitrogens with two attached hydrogens (primary N) is 1. The monoisotopic (exact) mass is 239 g/mol. The number of aromatic carboxylic acids is 1. The van der Waals surface area contributed by atoms with Crippen LogP contribution in [0.5, 0.6) is 0 Å². The second-order valence-corrected chi connectivity index (χ2v) is 5.10. The first-order valence-electron chi connectivity index (χ1n) is 5.26. The zero-order chi connectivity index (χ0) is 11.7. The molecule has 1 fully saturated rings. The van der Waals surface area contributed by atoms with Crippen LogP contribution in [-0.4, -0.2) is 16.9 Å². The Morgan fingerprint density at radius 1 is 1.38 bits per heavy atom. The first-order valence-corrected chi connectivity index (χ1v) is 6.08. The molecule has 0 aromatic carbocycles. The van der Waals surface area contributed by atoms with E-state index in [0.29, 0.717) is 4.88 Å². The third-order valence-corrected chi connectivity index (χ3v) is 4.08. The molecule has 0 unspecified atom stereocenters. The van der Waals surface area contributed by atoms with Crippen molar-refractivity contribution in [2.75, 3.05) is 5.73 Å². The number of hydrogen-bond donors (Lipinski definition) is 2. The highest BCUT2D eigenvalue weighted by Crippen LogP contribution is 2.32. The summed E-state index contributed by atoms with van der Waals surface area (Å²) in [5, 5.41) is 8.85. The molecular formula is C11H13NO3S. The minimum absolute atomic E-state index is 0.0571. The number of nitrogen functional groups attached to an aromatic ring is 1. The first kappa shape index (κ1) is 11.1. The van der Waals surface area contributed by atoms with E-state index in [2.05, 4.69) is 0 Å². The van der Waals surface area contributed by atoms with Gasteiger partial charge in [-0.05, 0) is 18.9 Å². The summed E-state index contributed by atoms with van der Waals surface area (Å²) in [5.41, 5.74) is 5.75. The predicted molar refractivity (Wildman–Crippen MR) is 62.0 cm³/mol. The number of carbonyl (C=O) groups is 2. The van der Waals surface area contributed by atoms with Crippen molar-refractivity contribution >= 4 is 28.8 Å². The highest BCUT2D eigenvalue weighted by atomic mass is 32.1. The minimum Gasteiger partial charge on any atom is -0.477 e. The van der Waals surface area contributed by atoms with Gasteiger partial charge in [0.15, 0.2) is 5.78 Å². The van der Waals surface area contributed by atoms with Gasteiger partial charge in [-0.15, -0.1) is 11.3 Å². The van der Waals surface area contributed by atoms with Crippen LogP contribution in [0.25, 0.3) is 0 Å². The average Bonchev–Trinajstić information content (AvgIpc) is 2.84. The summed E-state index contributed by atoms with van der Waals surface area (Å²) in [4.78, 5) is 23.4. The molecule has 4 nitrogen and oxygen atoms in total. The second-order valence-electron chi connectivity index (χ2n) is 4.05. The van der Waals surface area contributed by atoms with Gasteiger partial charge in [0.1, 0.15) is 4.88 Å². The predicted octanol–water partition coefficient (Wildman–Crippen LogP) is 2.40. The van der Waals surface area contributed by atoms with Crippen molar-refractivity contribution in [1.29, 1.82) is 0 Å². The SMILES string of the molecule is Nc1cc(C(=O)C2CCCC2)sc1C(=O)O. The lowest BCUT2D eigenvalue weighted by Gasteiger charge is -2.04. The van der Waals surface area contributed by atoms with E-state index in [-0.39, 0.29) is 22.3 Å². The van der Waals surface area contributed by atoms with Gasteiger partial charge in [-0.2, -0.15) is 0 Å². The number of Topliss-reactive ketones (excluding diaryl/α,β-unsaturated/α-hetero) is 1. The molecule has 0 radical (unpaired) electrons. The largest absolute Gasteiger partial charge is 0.477 e. The molecule has 3 N–H and O–H groups in total. The Balaban J connectivity index is 2.23. The van der Waals surface area contributed by atoms with Crippen molar-refractivity contribution in [1.82, 2.24) is 0 Å². The molecular weight excluding hydrogens is 226 g/mol. The molecule has 0 saturated heterocycles. The molecule has 5 heteroatoms. The van der Waals surface area contributed by atoms with Gasteiger partial charge < -0.3 is 10.8 Å². The maximum absolute atomic E-state index is 12.0. The number of hydrogen-bond acceptors (Lipinski definition) is 4. The van der Waals surface area contributed by atoms with Crippen LogP contribution < -0.4 is 5.73 Å². The minimum atomic E-state index is -1.06. The van der Waals surface area contributed by atoms with E-state index in [1.165, 1.54) is 6.07 Å². The maximum atomic E-state index is 12.0. The number of carbonyl (C=O) groups excluding carboxylic acids is 1. The molecule has 0 aliphatic heterocycles. The number of carboxylic acids is 1. The van der Waals surface area contributed by atoms with E-state index in [1.54, 1.807) is 0 Å². The highest BCUT2D eigenvalue weighted by Gasteiger charge is 2.26. The van der Waals surface area contributed by atoms with Crippen molar-refractivity contribution < 1.29 is 14.7 Å². The van der Waals surface area contributed by atoms with Crippen LogP contribution >= 0.6 is 11.3 Å². The third kappa shape index (κ3) is 1.95. The number of thiophene rings is 1. The number of rotatable bonds is 3. The van der Waals surface area contributed by atoms with E-state index in [0.717, 1.165) is 37.0 Å². The quantitative estimate of drug-likeness (QED) is 0.794. The van der Waals surface area contributed by atoms with Crippen LogP contribution in [0.2, 0.25) is 0 Å². The molecule has 1 aliphatic carbocycles. The molecule has 1 aromatic rings. The lowest BCUT2D eigenvalue weighted by atomic mass is 10.0. The van der Waals surface area contributed by atoms with Crippen molar-refractivity contribution in [3.8, 4) is 0 Å². The van der Waals surface area contributed by atoms with E-state index in [4.69, 9.17) is 10.8 Å². The van der Waals surface area contributed by atoms with Gasteiger partial charge >= 0.3 is 5.97 Å². The number of anilines is 1. The summed E-state index contributed by atoms with van der Waals surface area (Å²) < 4.78 is 0. The van der Waals surface area contributed by atoms with Crippen LogP contribution in [0.1, 0.15) is 45.0 Å². The summed E-state index contributed by atoms with van der Waals surface area (Å²) in [5.74, 6) is -0.936. The van der Waals surface area contributed by atoms with Crippen LogP contribution in [0, 0.1) is 5.92 Å². The summed E-state index contributed by atoms with van der Waals surface area (Å²) in [6.07, 6.45) is 4.00. The maximum Gasteiger partial charge on any atom is 0.348 e. The first-order chi connectivity index (χ1) is 7.59. The van der Waals surface area contributed by atoms with Crippen LogP contribution in [0.3, 0.4) is 0 Å². The number of carboxylic acid groups (broad SMARTS) is 1. The van der Waals surface area contributed by atoms with Gasteiger partial charge in [0.2, 0.25) is 0 Å². The molecule has 1 aliphatic rings. The Morgan fingerprint density at radius 2 is 2.00 bits per heavy atom. The molecule has 0 amide bonds. The van der Waals surface area contributed by atoms with E-state index >= 15 is 0 Å². The summed E-state index contributed by atoms with van der Waals surface area (Å²) in [6.45, 7) is 0. The molecule has 16 heavy (non-hydrogen) atoms. The van der Waals surface area contributed by atoms with Crippen molar-refractivity contribution in [3.05, 3.63) is 15.8 Å². The standard InChI is InChI=1S/C11H13NO3S/c12-7-5-8(16-10(7)11(14)15)9(13)6-3-1-2-4-6/h5-6H,1-4,12H2,(H,14,15). The number of ketones is 1. The molecule has 0 spiro atoms. The van der Waals surface area contributed by atoms with Gasteiger partial charge in [0, 0.05) is 5.92 Å². The van der Waals surface area contributed by atoms with Gasteiger partial charge in [0.05, 0.1) is 10.6 Å². The van der Waals surface area contributed by atoms with Crippen LogP contribution in [0.4, 0.5) is 5.69 Å². The van der Waals surface area contributed by atoms with Gasteiger partial charge in [-0.1, -0.05) is 12.8 Å². The molecule has 1 aromatic heterocycles. The Morgan fingerprint density at radius 3 is 2.50 bits per heavy atom. The fraction of sp³-hybridized carbons (Fsp3) is 0.455. The van der Waals surface area contributed by atoms with E-state index < -0.39 is 5.97 Å². The zero-order valence-corrected chi connectivity index (χ0v) is 9.55. The molecule has 2 rings (SSSR count). The van der Waals surface area contributed by atoms with E-state index in [9.17, 15) is 9.59 Å². The Hall–Kier alpha value is -1.36. The summed E-state index contributed by atoms with van der Waals surface area (Å²) in [7, 11) is 0. The topological polar surface area (TPSA) is 80.4 Å².